The maximum absolute atomic E-state index is 13.2. The molecule has 13 heteroatoms. The maximum atomic E-state index is 13.2. The minimum absolute atomic E-state index is 0.0500. The van der Waals surface area contributed by atoms with Gasteiger partial charge in [-0.25, -0.2) is 14.7 Å². The summed E-state index contributed by atoms with van der Waals surface area (Å²) in [5, 5.41) is 20.5. The van der Waals surface area contributed by atoms with Crippen LogP contribution in [0.15, 0.2) is 48.5 Å². The fourth-order valence-electron chi connectivity index (χ4n) is 2.78. The third-order valence-electron chi connectivity index (χ3n) is 4.62. The standard InChI is InChI=1S/C23H28NO11P/c1-3-33-24(2)21(27)13-8-14-36(30,34-15-31-22(28)17-9-4-6-11-19(17)25)35-16-32-23(29)18-10-5-7-12-20(18)26/h4-7,9-12,25-26H,3,8,13-16H2,1-2H3. The molecule has 0 aliphatic carbocycles. The fourth-order valence-corrected chi connectivity index (χ4v) is 4.09. The zero-order valence-electron chi connectivity index (χ0n) is 19.8. The van der Waals surface area contributed by atoms with Gasteiger partial charge >= 0.3 is 19.5 Å². The van der Waals surface area contributed by atoms with E-state index < -0.39 is 33.1 Å². The monoisotopic (exact) mass is 525 g/mol. The van der Waals surface area contributed by atoms with E-state index in [1.54, 1.807) is 6.92 Å². The first-order valence-electron chi connectivity index (χ1n) is 10.8. The number of esters is 2. The number of para-hydroxylation sites is 2. The van der Waals surface area contributed by atoms with Crippen molar-refractivity contribution in [1.82, 2.24) is 5.06 Å². The van der Waals surface area contributed by atoms with E-state index in [0.717, 1.165) is 5.06 Å². The summed E-state index contributed by atoms with van der Waals surface area (Å²) in [7, 11) is -2.59. The molecule has 0 bridgehead atoms. The average Bonchev–Trinajstić information content (AvgIpc) is 2.84. The summed E-state index contributed by atoms with van der Waals surface area (Å²) in [4.78, 5) is 41.4. The minimum atomic E-state index is -4.03. The van der Waals surface area contributed by atoms with Gasteiger partial charge in [-0.15, -0.1) is 0 Å². The van der Waals surface area contributed by atoms with Gasteiger partial charge in [0.15, 0.2) is 0 Å². The minimum Gasteiger partial charge on any atom is -0.507 e. The van der Waals surface area contributed by atoms with Crippen molar-refractivity contribution in [3.8, 4) is 11.5 Å². The Hall–Kier alpha value is -3.44. The molecular formula is C23H28NO11P. The summed E-state index contributed by atoms with van der Waals surface area (Å²) in [5.41, 5.74) is -0.254. The lowest BCUT2D eigenvalue weighted by Gasteiger charge is -2.19. The van der Waals surface area contributed by atoms with Crippen LogP contribution in [0.4, 0.5) is 0 Å². The number of amides is 1. The molecule has 1 amide bonds. The summed E-state index contributed by atoms with van der Waals surface area (Å²) in [6.07, 6.45) is -0.280. The third-order valence-corrected chi connectivity index (χ3v) is 6.48. The highest BCUT2D eigenvalue weighted by molar-refractivity contribution is 7.53. The van der Waals surface area contributed by atoms with Gasteiger partial charge in [-0.1, -0.05) is 24.3 Å². The van der Waals surface area contributed by atoms with Crippen LogP contribution < -0.4 is 0 Å². The summed E-state index contributed by atoms with van der Waals surface area (Å²) in [6, 6.07) is 11.3. The molecule has 0 radical (unpaired) electrons. The molecule has 0 heterocycles. The summed E-state index contributed by atoms with van der Waals surface area (Å²) < 4.78 is 33.3. The number of carbonyl (C=O) groups is 3. The van der Waals surface area contributed by atoms with Crippen molar-refractivity contribution >= 4 is 25.4 Å². The molecule has 0 unspecified atom stereocenters. The highest BCUT2D eigenvalue weighted by Crippen LogP contribution is 2.49. The van der Waals surface area contributed by atoms with E-state index in [9.17, 15) is 29.2 Å². The first kappa shape index (κ1) is 28.8. The molecule has 0 aromatic heterocycles. The molecule has 0 atom stereocenters. The average molecular weight is 525 g/mol. The van der Waals surface area contributed by atoms with Crippen LogP contribution in [-0.2, 0) is 32.7 Å². The van der Waals surface area contributed by atoms with Crippen molar-refractivity contribution in [3.63, 3.8) is 0 Å². The predicted molar refractivity (Wildman–Crippen MR) is 125 cm³/mol. The number of hydroxylamine groups is 2. The number of nitrogens with zero attached hydrogens (tertiary/aromatic N) is 1. The summed E-state index contributed by atoms with van der Waals surface area (Å²) >= 11 is 0. The van der Waals surface area contributed by atoms with E-state index in [2.05, 4.69) is 0 Å². The van der Waals surface area contributed by atoms with E-state index in [1.165, 1.54) is 55.6 Å². The van der Waals surface area contributed by atoms with Crippen molar-refractivity contribution in [2.24, 2.45) is 0 Å². The van der Waals surface area contributed by atoms with Crippen LogP contribution in [-0.4, -0.2) is 66.5 Å². The van der Waals surface area contributed by atoms with Gasteiger partial charge in [-0.05, 0) is 37.6 Å². The Kier molecular flexibility index (Phi) is 11.4. The molecule has 2 N–H and O–H groups in total. The van der Waals surface area contributed by atoms with Crippen molar-refractivity contribution < 1.29 is 52.5 Å². The van der Waals surface area contributed by atoms with Gasteiger partial charge in [0.05, 0.1) is 12.8 Å². The number of hydrogen-bond acceptors (Lipinski definition) is 11. The van der Waals surface area contributed by atoms with Crippen LogP contribution in [0.1, 0.15) is 40.5 Å². The third kappa shape index (κ3) is 8.97. The molecule has 12 nitrogen and oxygen atoms in total. The molecule has 0 saturated heterocycles. The topological polar surface area (TPSA) is 158 Å². The number of phenols is 2. The van der Waals surface area contributed by atoms with Gasteiger partial charge in [0.25, 0.3) is 0 Å². The van der Waals surface area contributed by atoms with Gasteiger partial charge < -0.3 is 19.7 Å². The molecule has 36 heavy (non-hydrogen) atoms. The lowest BCUT2D eigenvalue weighted by Crippen LogP contribution is -2.26. The second-order valence-electron chi connectivity index (χ2n) is 7.14. The zero-order chi connectivity index (χ0) is 26.6. The Morgan fingerprint density at radius 3 is 1.78 bits per heavy atom. The van der Waals surface area contributed by atoms with Crippen molar-refractivity contribution in [2.45, 2.75) is 19.8 Å². The Labute approximate surface area is 207 Å². The van der Waals surface area contributed by atoms with E-state index in [1.807, 2.05) is 0 Å². The second-order valence-corrected chi connectivity index (χ2v) is 9.32. The number of benzene rings is 2. The molecule has 196 valence electrons. The SMILES string of the molecule is CCON(C)C(=O)CCCP(=O)(OCOC(=O)c1ccccc1O)OCOC(=O)c1ccccc1O. The molecule has 2 rings (SSSR count). The summed E-state index contributed by atoms with van der Waals surface area (Å²) in [5.74, 6) is -2.86. The van der Waals surface area contributed by atoms with Gasteiger partial charge in [-0.3, -0.25) is 23.2 Å². The lowest BCUT2D eigenvalue weighted by molar-refractivity contribution is -0.176. The van der Waals surface area contributed by atoms with Crippen LogP contribution in [0.5, 0.6) is 11.5 Å². The molecule has 2 aromatic carbocycles. The fraction of sp³-hybridized carbons (Fsp3) is 0.348. The molecule has 0 spiro atoms. The quantitative estimate of drug-likeness (QED) is 0.161. The van der Waals surface area contributed by atoms with Crippen molar-refractivity contribution in [1.29, 1.82) is 0 Å². The molecule has 0 aliphatic rings. The van der Waals surface area contributed by atoms with Gasteiger partial charge in [0.1, 0.15) is 22.6 Å². The van der Waals surface area contributed by atoms with Crippen LogP contribution in [0, 0.1) is 0 Å². The Bertz CT molecular complexity index is 1020. The predicted octanol–water partition coefficient (Wildman–Crippen LogP) is 3.44. The van der Waals surface area contributed by atoms with E-state index in [4.69, 9.17) is 23.4 Å². The van der Waals surface area contributed by atoms with E-state index >= 15 is 0 Å². The highest BCUT2D eigenvalue weighted by atomic mass is 31.2. The number of rotatable bonds is 14. The Morgan fingerprint density at radius 2 is 1.33 bits per heavy atom. The van der Waals surface area contributed by atoms with Gasteiger partial charge in [0.2, 0.25) is 19.5 Å². The van der Waals surface area contributed by atoms with E-state index in [-0.39, 0.29) is 54.1 Å². The van der Waals surface area contributed by atoms with Crippen LogP contribution >= 0.6 is 7.60 Å². The molecule has 0 fully saturated rings. The van der Waals surface area contributed by atoms with Gasteiger partial charge in [0, 0.05) is 13.5 Å². The number of ether oxygens (including phenoxy) is 2. The van der Waals surface area contributed by atoms with Gasteiger partial charge in [-0.2, -0.15) is 0 Å². The lowest BCUT2D eigenvalue weighted by atomic mass is 10.2. The van der Waals surface area contributed by atoms with Crippen LogP contribution in [0.25, 0.3) is 0 Å². The Morgan fingerprint density at radius 1 is 0.861 bits per heavy atom. The first-order chi connectivity index (χ1) is 17.2. The smallest absolute Gasteiger partial charge is 0.344 e. The van der Waals surface area contributed by atoms with Crippen molar-refractivity contribution in [3.05, 3.63) is 59.7 Å². The zero-order valence-corrected chi connectivity index (χ0v) is 20.7. The molecule has 2 aromatic rings. The van der Waals surface area contributed by atoms with Crippen molar-refractivity contribution in [2.75, 3.05) is 33.4 Å². The highest BCUT2D eigenvalue weighted by Gasteiger charge is 2.27. The first-order valence-corrected chi connectivity index (χ1v) is 12.6. The second kappa shape index (κ2) is 14.2. The number of hydrogen-bond donors (Lipinski definition) is 2. The number of aromatic hydroxyl groups is 2. The number of phenolic OH excluding ortho intramolecular Hbond substituents is 2. The molecular weight excluding hydrogens is 497 g/mol. The molecule has 0 saturated carbocycles. The Balaban J connectivity index is 1.96. The largest absolute Gasteiger partial charge is 0.507 e. The van der Waals surface area contributed by atoms with E-state index in [0.29, 0.717) is 0 Å². The normalized spacial score (nSPS) is 11.1. The summed E-state index contributed by atoms with van der Waals surface area (Å²) in [6.45, 7) is 0.402. The van der Waals surface area contributed by atoms with Crippen LogP contribution in [0.3, 0.4) is 0 Å². The number of carbonyl (C=O) groups excluding carboxylic acids is 3. The van der Waals surface area contributed by atoms with Crippen LogP contribution in [0.2, 0.25) is 0 Å². The molecule has 0 aliphatic heterocycles. The maximum Gasteiger partial charge on any atom is 0.344 e.